The van der Waals surface area contributed by atoms with Gasteiger partial charge in [-0.15, -0.1) is 11.3 Å². The third-order valence-corrected chi connectivity index (χ3v) is 8.88. The number of carbonyl (C=O) groups is 1. The molecule has 0 saturated carbocycles. The molecular weight excluding hydrogens is 604 g/mol. The molecule has 0 unspecified atom stereocenters. The van der Waals surface area contributed by atoms with Crippen LogP contribution in [0.5, 0.6) is 0 Å². The molecule has 4 aromatic rings. The first-order valence-corrected chi connectivity index (χ1v) is 15.3. The summed E-state index contributed by atoms with van der Waals surface area (Å²) < 4.78 is 42.3. The Morgan fingerprint density at radius 1 is 1.00 bits per heavy atom. The summed E-state index contributed by atoms with van der Waals surface area (Å²) in [5, 5.41) is 10.2. The molecule has 0 radical (unpaired) electrons. The van der Waals surface area contributed by atoms with E-state index in [0.717, 1.165) is 27.8 Å². The van der Waals surface area contributed by atoms with Crippen LogP contribution in [-0.2, 0) is 40.3 Å². The molecule has 2 aromatic heterocycles. The number of methoxy groups -OCH3 is 2. The minimum absolute atomic E-state index is 0.00944. The molecule has 0 saturated heterocycles. The number of halogens is 2. The van der Waals surface area contributed by atoms with Gasteiger partial charge in [-0.1, -0.05) is 44.2 Å². The molecule has 2 heterocycles. The van der Waals surface area contributed by atoms with Crippen LogP contribution in [0.25, 0.3) is 20.7 Å². The van der Waals surface area contributed by atoms with Gasteiger partial charge in [0.25, 0.3) is 5.56 Å². The number of aliphatic hydroxyl groups excluding tert-OH is 1. The van der Waals surface area contributed by atoms with Crippen molar-refractivity contribution in [1.82, 2.24) is 14.0 Å². The highest BCUT2D eigenvalue weighted by atomic mass is 32.1. The van der Waals surface area contributed by atoms with Crippen LogP contribution in [0.4, 0.5) is 8.78 Å². The van der Waals surface area contributed by atoms with Crippen LogP contribution in [-0.4, -0.2) is 72.6 Å². The number of rotatable bonds is 15. The summed E-state index contributed by atoms with van der Waals surface area (Å²) in [7, 11) is 4.95. The topological polar surface area (TPSA) is 103 Å². The lowest BCUT2D eigenvalue weighted by molar-refractivity contribution is -0.121. The number of Topliss-reactive ketones (excluding diaryl/α,β-unsaturated/α-hetero) is 1. The Kier molecular flexibility index (Phi) is 11.2. The molecular formula is C33H39F2N3O6S. The van der Waals surface area contributed by atoms with Gasteiger partial charge < -0.3 is 14.6 Å². The van der Waals surface area contributed by atoms with Crippen LogP contribution in [0, 0.1) is 17.0 Å². The number of fused-ring (bicyclic) bond motifs is 1. The van der Waals surface area contributed by atoms with Gasteiger partial charge >= 0.3 is 5.69 Å². The normalized spacial score (nSPS) is 12.0. The highest BCUT2D eigenvalue weighted by Gasteiger charge is 2.27. The van der Waals surface area contributed by atoms with Crippen molar-refractivity contribution in [3.05, 3.63) is 91.6 Å². The monoisotopic (exact) mass is 643 g/mol. The first-order chi connectivity index (χ1) is 21.4. The van der Waals surface area contributed by atoms with Crippen molar-refractivity contribution in [3.8, 4) is 10.4 Å². The lowest BCUT2D eigenvalue weighted by Crippen LogP contribution is -2.44. The van der Waals surface area contributed by atoms with Gasteiger partial charge in [0.1, 0.15) is 23.1 Å². The molecule has 0 aliphatic heterocycles. The van der Waals surface area contributed by atoms with Gasteiger partial charge in [0.05, 0.1) is 18.5 Å². The second-order valence-electron chi connectivity index (χ2n) is 11.9. The van der Waals surface area contributed by atoms with E-state index in [4.69, 9.17) is 9.47 Å². The van der Waals surface area contributed by atoms with Crippen LogP contribution < -0.4 is 11.2 Å². The average molecular weight is 644 g/mol. The predicted octanol–water partition coefficient (Wildman–Crippen LogP) is 4.07. The molecule has 45 heavy (non-hydrogen) atoms. The molecule has 0 atom stereocenters. The van der Waals surface area contributed by atoms with Gasteiger partial charge in [0.2, 0.25) is 0 Å². The van der Waals surface area contributed by atoms with E-state index in [1.54, 1.807) is 21.0 Å². The Bertz CT molecular complexity index is 1760. The molecule has 0 aliphatic carbocycles. The van der Waals surface area contributed by atoms with Crippen LogP contribution in [0.3, 0.4) is 0 Å². The number of thiophene rings is 1. The highest BCUT2D eigenvalue weighted by Crippen LogP contribution is 2.38. The molecule has 242 valence electrons. The van der Waals surface area contributed by atoms with E-state index in [1.807, 2.05) is 36.2 Å². The highest BCUT2D eigenvalue weighted by molar-refractivity contribution is 7.22. The van der Waals surface area contributed by atoms with Crippen molar-refractivity contribution in [1.29, 1.82) is 0 Å². The van der Waals surface area contributed by atoms with E-state index < -0.39 is 34.8 Å². The minimum Gasteiger partial charge on any atom is -0.396 e. The van der Waals surface area contributed by atoms with Crippen molar-refractivity contribution in [3.63, 3.8) is 0 Å². The Balaban J connectivity index is 2.00. The third-order valence-electron chi connectivity index (χ3n) is 7.57. The number of benzene rings is 2. The zero-order valence-electron chi connectivity index (χ0n) is 26.2. The second-order valence-corrected chi connectivity index (χ2v) is 12.9. The molecule has 4 rings (SSSR count). The zero-order valence-corrected chi connectivity index (χ0v) is 27.0. The number of hydrogen-bond acceptors (Lipinski definition) is 8. The van der Waals surface area contributed by atoms with Crippen LogP contribution in [0.1, 0.15) is 30.5 Å². The summed E-state index contributed by atoms with van der Waals surface area (Å²) in [5.74, 6) is -1.68. The van der Waals surface area contributed by atoms with Gasteiger partial charge in [-0.2, -0.15) is 0 Å². The van der Waals surface area contributed by atoms with Crippen molar-refractivity contribution >= 4 is 27.3 Å². The Labute approximate surface area is 264 Å². The van der Waals surface area contributed by atoms with Gasteiger partial charge in [-0.25, -0.2) is 13.6 Å². The summed E-state index contributed by atoms with van der Waals surface area (Å²) in [6, 6.07) is 10.9. The van der Waals surface area contributed by atoms with E-state index in [1.165, 1.54) is 29.1 Å². The van der Waals surface area contributed by atoms with Gasteiger partial charge in [-0.05, 0) is 35.9 Å². The minimum atomic E-state index is -0.831. The molecule has 0 spiro atoms. The van der Waals surface area contributed by atoms with Crippen molar-refractivity contribution in [2.75, 3.05) is 47.6 Å². The fraction of sp³-hybridized carbons (Fsp3) is 0.424. The Morgan fingerprint density at radius 2 is 1.67 bits per heavy atom. The van der Waals surface area contributed by atoms with Crippen LogP contribution >= 0.6 is 11.3 Å². The maximum Gasteiger partial charge on any atom is 0.332 e. The molecule has 0 aliphatic rings. The summed E-state index contributed by atoms with van der Waals surface area (Å²) in [6.45, 7) is 3.94. The lowest BCUT2D eigenvalue weighted by atomic mass is 9.95. The van der Waals surface area contributed by atoms with E-state index >= 15 is 0 Å². The van der Waals surface area contributed by atoms with E-state index in [2.05, 4.69) is 0 Å². The number of carbonyl (C=O) groups excluding carboxylic acids is 1. The molecule has 0 amide bonds. The summed E-state index contributed by atoms with van der Waals surface area (Å²) in [4.78, 5) is 43.3. The van der Waals surface area contributed by atoms with Crippen molar-refractivity contribution in [2.24, 2.45) is 5.41 Å². The molecule has 0 bridgehead atoms. The van der Waals surface area contributed by atoms with E-state index in [-0.39, 0.29) is 47.7 Å². The van der Waals surface area contributed by atoms with Gasteiger partial charge in [-0.3, -0.25) is 23.6 Å². The number of nitrogens with zero attached hydrogens (tertiary/aromatic N) is 3. The van der Waals surface area contributed by atoms with Crippen molar-refractivity contribution in [2.45, 2.75) is 39.9 Å². The summed E-state index contributed by atoms with van der Waals surface area (Å²) in [5.41, 5.74) is -0.196. The number of ketones is 1. The maximum atomic E-state index is 14.9. The lowest BCUT2D eigenvalue weighted by Gasteiger charge is -2.23. The van der Waals surface area contributed by atoms with Gasteiger partial charge in [0, 0.05) is 62.7 Å². The standard InChI is InChI=1S/C33H39F2N3O6S/c1-33(2,20-39)19-38-30(41)28-25(16-36(3)13-14-43-4)29(22-11-9-21(10-12-22)15-23(40)18-44-5)45-31(28)37(32(38)42)17-24-26(34)7-6-8-27(24)35/h6-12,39H,13-20H2,1-5H3. The predicted molar refractivity (Wildman–Crippen MR) is 171 cm³/mol. The van der Waals surface area contributed by atoms with Gasteiger partial charge in [0.15, 0.2) is 5.78 Å². The first kappa shape index (κ1) is 34.3. The number of likely N-dealkylation sites (N-methyl/N-ethyl adjacent to an activating group) is 1. The average Bonchev–Trinajstić information content (AvgIpc) is 3.37. The van der Waals surface area contributed by atoms with E-state index in [0.29, 0.717) is 30.1 Å². The zero-order chi connectivity index (χ0) is 32.9. The van der Waals surface area contributed by atoms with E-state index in [9.17, 15) is 28.3 Å². The Morgan fingerprint density at radius 3 is 2.27 bits per heavy atom. The van der Waals surface area contributed by atoms with Crippen LogP contribution in [0.15, 0.2) is 52.1 Å². The van der Waals surface area contributed by atoms with Crippen LogP contribution in [0.2, 0.25) is 0 Å². The molecule has 12 heteroatoms. The summed E-state index contributed by atoms with van der Waals surface area (Å²) in [6.07, 6.45) is 0.201. The largest absolute Gasteiger partial charge is 0.396 e. The van der Waals surface area contributed by atoms with Crippen molar-refractivity contribution < 1.29 is 28.2 Å². The molecule has 2 aromatic carbocycles. The molecule has 0 fully saturated rings. The number of ether oxygens (including phenoxy) is 2. The molecule has 9 nitrogen and oxygen atoms in total. The number of aromatic nitrogens is 2. The number of hydrogen-bond donors (Lipinski definition) is 1. The Hall–Kier alpha value is -3.55. The summed E-state index contributed by atoms with van der Waals surface area (Å²) >= 11 is 1.20. The quantitative estimate of drug-likeness (QED) is 0.208. The SMILES string of the molecule is COCCN(C)Cc1c(-c2ccc(CC(=O)COC)cc2)sc2c1c(=O)n(CC(C)(C)CO)c(=O)n2Cc1c(F)cccc1F. The maximum absolute atomic E-state index is 14.9. The smallest absolute Gasteiger partial charge is 0.332 e. The fourth-order valence-electron chi connectivity index (χ4n) is 5.11. The second kappa shape index (κ2) is 14.7. The first-order valence-electron chi connectivity index (χ1n) is 14.5. The fourth-order valence-corrected chi connectivity index (χ4v) is 6.41. The third kappa shape index (κ3) is 7.82. The molecule has 1 N–H and O–H groups in total. The number of aliphatic hydroxyl groups is 1.